The van der Waals surface area contributed by atoms with Gasteiger partial charge < -0.3 is 105 Å². The van der Waals surface area contributed by atoms with E-state index in [-0.39, 0.29) is 52.9 Å². The van der Waals surface area contributed by atoms with E-state index in [0.29, 0.717) is 30.3 Å². The van der Waals surface area contributed by atoms with Crippen LogP contribution in [0.1, 0.15) is 90.8 Å². The first-order valence-corrected chi connectivity index (χ1v) is 37.7. The van der Waals surface area contributed by atoms with Crippen LogP contribution in [0, 0.1) is 0 Å². The number of halogens is 3. The number of aromatic nitrogens is 6. The first-order valence-electron chi connectivity index (χ1n) is 34.8. The third-order valence-corrected chi connectivity index (χ3v) is 21.1. The second-order valence-electron chi connectivity index (χ2n) is 26.5. The summed E-state index contributed by atoms with van der Waals surface area (Å²) in [7, 11) is -4.35. The number of aliphatic hydroxyl groups excluding tert-OH is 2. The summed E-state index contributed by atoms with van der Waals surface area (Å²) < 4.78 is 202. The molecule has 10 rings (SSSR count). The average Bonchev–Trinajstić information content (AvgIpc) is 1.54. The van der Waals surface area contributed by atoms with Crippen LogP contribution in [0.2, 0.25) is 0 Å². The SMILES string of the molecule is COCCOC(=O)OCOP(=O)(OCOC(=O)OCCOC)OC[C@@]1(CF)O[C@@H](n2ccc(=O)[nH]c2=O)[C@](C)(O)[C@@H]1O.COCCOC(=O)OCOP(=O)(OCOC(=O)OCCOC)OC[C@@]1(CF)O[C@@H](n2ccc(=O)[nH]c2=O)[C@]2(C)OC3(CCCC3)O[C@H]12.C[C@@]12OC3(CCCC3)O[C@@H]1[C@](CO)(CF)O[C@H]2n1ccc(=O)[nH]c1=O. The molecular formula is C63H91F3N6O40P2. The van der Waals surface area contributed by atoms with Gasteiger partial charge in [-0.25, -0.2) is 74.0 Å². The Balaban J connectivity index is 0.000000223. The smallest absolute Gasteiger partial charge is 0.432 e. The van der Waals surface area contributed by atoms with E-state index in [0.717, 1.165) is 66.3 Å². The molecule has 0 radical (unpaired) electrons. The molecule has 5 aliphatic heterocycles. The van der Waals surface area contributed by atoms with Crippen LogP contribution in [0.4, 0.5) is 32.3 Å². The second kappa shape index (κ2) is 40.1. The monoisotopic (exact) mass is 1690 g/mol. The number of nitrogens with one attached hydrogen (secondary N) is 3. The number of H-pyrrole nitrogens is 3. The van der Waals surface area contributed by atoms with Gasteiger partial charge in [-0.1, -0.05) is 0 Å². The number of phosphoric acid groups is 2. The first-order chi connectivity index (χ1) is 54.2. The number of ether oxygens (including phenoxy) is 19. The van der Waals surface area contributed by atoms with E-state index in [1.165, 1.54) is 40.7 Å². The Labute approximate surface area is 643 Å². The standard InChI is InChI=1S/C26H38FN2O17P.C21H32FN2O17P.C16H21FN2O6/c1-24-19(44-26(46-24)7-4-5-8-26)25(14-27,45-20(24)29-9-6-18(30)28-21(29)31)15-41-47(34,42-16-39-22(32)37-12-10-35-2)43-17-40-23(33)38-13-11-36-3;1-20(30)15(26)21(10-22,41-16(20)24-5-4-14(25)23-17(24)27)11-38-42(31,39-12-36-18(28)34-8-6-32-2)40-13-37-19(29)35-9-7-33-3;1-14-11(23-16(25-14)5-2-3-6-16)15(8-17,9-20)24-12(14)19-7-4-10(21)18-13(19)22/h6,9,19-20H,4-5,7-8,10-17H2,1-3H3,(H,28,30,31);4-5,15-16,26,30H,6-13H2,1-3H3,(H,23,25,27);4,7,11-12,20H,2-3,5-6,8-9H2,1H3,(H,18,21,22)/t19-,20+,24+,25+;15-,16+,20+,21+;11-,12+,14+,15+/m000/s1. The molecule has 46 nitrogen and oxygen atoms in total. The summed E-state index contributed by atoms with van der Waals surface area (Å²) in [5.41, 5.74) is -15.9. The van der Waals surface area contributed by atoms with E-state index < -0.39 is 223 Å². The van der Waals surface area contributed by atoms with Crippen molar-refractivity contribution in [2.75, 3.05) is 148 Å². The van der Waals surface area contributed by atoms with E-state index in [9.17, 15) is 81.2 Å². The lowest BCUT2D eigenvalue weighted by atomic mass is 9.88. The number of fused-ring (bicyclic) bond motifs is 2. The number of hydrogen-bond donors (Lipinski definition) is 6. The quantitative estimate of drug-likeness (QED) is 0.0157. The Morgan fingerprint density at radius 1 is 0.456 bits per heavy atom. The number of rotatable bonds is 37. The van der Waals surface area contributed by atoms with Gasteiger partial charge in [-0.05, 0) is 46.5 Å². The summed E-state index contributed by atoms with van der Waals surface area (Å²) in [4.78, 5) is 125. The summed E-state index contributed by atoms with van der Waals surface area (Å²) in [6.07, 6.45) is -4.38. The molecule has 644 valence electrons. The molecule has 7 aliphatic rings. The number of aromatic amines is 3. The predicted octanol–water partition coefficient (Wildman–Crippen LogP) is 1.66. The van der Waals surface area contributed by atoms with Gasteiger partial charge in [0.15, 0.2) is 47.1 Å². The van der Waals surface area contributed by atoms with Gasteiger partial charge in [-0.15, -0.1) is 0 Å². The van der Waals surface area contributed by atoms with Gasteiger partial charge >= 0.3 is 57.3 Å². The highest BCUT2D eigenvalue weighted by molar-refractivity contribution is 7.48. The molecule has 12 atom stereocenters. The largest absolute Gasteiger partial charge is 0.510 e. The molecular weight excluding hydrogens is 1600 g/mol. The number of carbonyl (C=O) groups excluding carboxylic acids is 4. The van der Waals surface area contributed by atoms with Crippen LogP contribution in [0.15, 0.2) is 65.6 Å². The maximum atomic E-state index is 15.2. The van der Waals surface area contributed by atoms with Gasteiger partial charge in [0.05, 0.1) is 46.2 Å². The fraction of sp³-hybridized carbons (Fsp3) is 0.746. The highest BCUT2D eigenvalue weighted by atomic mass is 31.2. The van der Waals surface area contributed by atoms with Crippen LogP contribution in [-0.4, -0.2) is 280 Å². The fourth-order valence-corrected chi connectivity index (χ4v) is 15.1. The van der Waals surface area contributed by atoms with Crippen molar-refractivity contribution < 1.29 is 174 Å². The second-order valence-corrected chi connectivity index (χ2v) is 29.9. The van der Waals surface area contributed by atoms with Gasteiger partial charge in [0.1, 0.15) is 81.6 Å². The molecule has 6 N–H and O–H groups in total. The zero-order chi connectivity index (χ0) is 83.4. The molecule has 114 heavy (non-hydrogen) atoms. The van der Waals surface area contributed by atoms with Gasteiger partial charge in [-0.2, -0.15) is 0 Å². The molecule has 0 bridgehead atoms. The van der Waals surface area contributed by atoms with Crippen LogP contribution in [-0.2, 0) is 126 Å². The molecule has 0 aromatic carbocycles. The van der Waals surface area contributed by atoms with Gasteiger partial charge in [-0.3, -0.25) is 52.1 Å². The molecule has 3 aromatic rings. The highest BCUT2D eigenvalue weighted by Crippen LogP contribution is 2.62. The minimum absolute atomic E-state index is 0.0437. The molecule has 7 fully saturated rings. The van der Waals surface area contributed by atoms with Crippen molar-refractivity contribution in [2.24, 2.45) is 0 Å². The number of methoxy groups -OCH3 is 4. The third kappa shape index (κ3) is 21.9. The van der Waals surface area contributed by atoms with Crippen LogP contribution >= 0.6 is 15.6 Å². The number of hydrogen-bond acceptors (Lipinski definition) is 40. The van der Waals surface area contributed by atoms with Crippen molar-refractivity contribution in [3.63, 3.8) is 0 Å². The van der Waals surface area contributed by atoms with E-state index in [1.54, 1.807) is 13.8 Å². The number of nitrogens with zero attached hydrogens (tertiary/aromatic N) is 3. The Morgan fingerprint density at radius 2 is 0.754 bits per heavy atom. The van der Waals surface area contributed by atoms with Crippen molar-refractivity contribution in [3.8, 4) is 0 Å². The van der Waals surface area contributed by atoms with Crippen molar-refractivity contribution >= 4 is 40.3 Å². The van der Waals surface area contributed by atoms with E-state index in [2.05, 4.69) is 28.9 Å². The molecule has 0 unspecified atom stereocenters. The summed E-state index contributed by atoms with van der Waals surface area (Å²) in [6, 6.07) is 3.17. The number of alkyl halides is 3. The number of carbonyl (C=O) groups is 4. The normalized spacial score (nSPS) is 28.2. The molecule has 2 spiro atoms. The van der Waals surface area contributed by atoms with Crippen molar-refractivity contribution in [1.82, 2.24) is 28.7 Å². The Bertz CT molecular complexity index is 4110. The van der Waals surface area contributed by atoms with Gasteiger partial charge in [0, 0.05) is 90.9 Å². The van der Waals surface area contributed by atoms with Crippen molar-refractivity contribution in [2.45, 2.75) is 154 Å². The molecule has 8 heterocycles. The lowest BCUT2D eigenvalue weighted by molar-refractivity contribution is -0.253. The van der Waals surface area contributed by atoms with Crippen LogP contribution < -0.4 is 33.7 Å². The topological polar surface area (TPSA) is 558 Å². The van der Waals surface area contributed by atoms with Gasteiger partial charge in [0.25, 0.3) is 16.7 Å². The minimum atomic E-state index is -4.95. The van der Waals surface area contributed by atoms with E-state index in [1.807, 2.05) is 4.98 Å². The van der Waals surface area contributed by atoms with Crippen LogP contribution in [0.5, 0.6) is 0 Å². The predicted molar refractivity (Wildman–Crippen MR) is 363 cm³/mol. The molecule has 2 aliphatic carbocycles. The zero-order valence-corrected chi connectivity index (χ0v) is 64.4. The average molecular weight is 1690 g/mol. The Kier molecular flexibility index (Phi) is 32.4. The number of phosphoric ester groups is 2. The fourth-order valence-electron chi connectivity index (χ4n) is 13.1. The molecule has 2 saturated carbocycles. The van der Waals surface area contributed by atoms with E-state index >= 15 is 4.39 Å². The van der Waals surface area contributed by atoms with Crippen molar-refractivity contribution in [1.29, 1.82) is 0 Å². The van der Waals surface area contributed by atoms with Crippen LogP contribution in [0.25, 0.3) is 0 Å². The first kappa shape index (κ1) is 92.1. The lowest BCUT2D eigenvalue weighted by Crippen LogP contribution is -2.53. The molecule has 0 amide bonds. The molecule has 5 saturated heterocycles. The lowest BCUT2D eigenvalue weighted by Gasteiger charge is -2.34. The van der Waals surface area contributed by atoms with E-state index in [4.69, 9.17) is 98.2 Å². The summed E-state index contributed by atoms with van der Waals surface area (Å²) in [5, 5.41) is 31.5. The zero-order valence-electron chi connectivity index (χ0n) is 62.6. The van der Waals surface area contributed by atoms with Crippen LogP contribution in [0.3, 0.4) is 0 Å². The maximum absolute atomic E-state index is 15.2. The summed E-state index contributed by atoms with van der Waals surface area (Å²) in [5.74, 6) is -1.97. The minimum Gasteiger partial charge on any atom is -0.432 e. The summed E-state index contributed by atoms with van der Waals surface area (Å²) >= 11 is 0. The summed E-state index contributed by atoms with van der Waals surface area (Å²) in [6.45, 7) is -7.04. The Hall–Kier alpha value is -7.43. The van der Waals surface area contributed by atoms with Crippen molar-refractivity contribution in [3.05, 3.63) is 99.3 Å². The maximum Gasteiger partial charge on any atom is 0.510 e. The number of aliphatic hydroxyl groups is 3. The van der Waals surface area contributed by atoms with Gasteiger partial charge in [0.2, 0.25) is 27.2 Å². The Morgan fingerprint density at radius 3 is 1.06 bits per heavy atom. The molecule has 3 aromatic heterocycles. The highest BCUT2D eigenvalue weighted by Gasteiger charge is 2.74. The molecule has 51 heteroatoms. The third-order valence-electron chi connectivity index (χ3n) is 18.5.